The molecule has 2 aromatic carbocycles. The smallest absolute Gasteiger partial charge is 0.224 e. The summed E-state index contributed by atoms with van der Waals surface area (Å²) < 4.78 is 5.25. The van der Waals surface area contributed by atoms with Gasteiger partial charge in [-0.05, 0) is 61.2 Å². The van der Waals surface area contributed by atoms with E-state index in [9.17, 15) is 0 Å². The summed E-state index contributed by atoms with van der Waals surface area (Å²) in [6.45, 7) is 4.77. The van der Waals surface area contributed by atoms with Crippen LogP contribution in [0, 0.1) is 13.8 Å². The van der Waals surface area contributed by atoms with E-state index in [1.807, 2.05) is 44.2 Å². The van der Waals surface area contributed by atoms with Gasteiger partial charge in [-0.1, -0.05) is 29.8 Å². The molecule has 0 bridgehead atoms. The Labute approximate surface area is 164 Å². The Hall–Kier alpha value is -2.79. The Morgan fingerprint density at radius 1 is 1.11 bits per heavy atom. The number of hydrogen-bond donors (Lipinski definition) is 2. The average molecular weight is 383 g/mol. The van der Waals surface area contributed by atoms with Gasteiger partial charge >= 0.3 is 0 Å². The topological polar surface area (TPSA) is 59.1 Å². The fourth-order valence-corrected chi connectivity index (χ4v) is 3.23. The van der Waals surface area contributed by atoms with Crippen LogP contribution in [0.2, 0.25) is 5.02 Å². The molecular formula is C21H23ClN4O. The van der Waals surface area contributed by atoms with Gasteiger partial charge in [-0.15, -0.1) is 0 Å². The first-order valence-electron chi connectivity index (χ1n) is 8.79. The van der Waals surface area contributed by atoms with E-state index in [-0.39, 0.29) is 0 Å². The number of hydrogen-bond acceptors (Lipinski definition) is 5. The predicted octanol–water partition coefficient (Wildman–Crippen LogP) is 5.15. The van der Waals surface area contributed by atoms with Gasteiger partial charge in [-0.25, -0.2) is 4.98 Å². The van der Waals surface area contributed by atoms with Gasteiger partial charge in [0.15, 0.2) is 0 Å². The van der Waals surface area contributed by atoms with E-state index in [2.05, 4.69) is 32.7 Å². The first-order chi connectivity index (χ1) is 13.0. The van der Waals surface area contributed by atoms with E-state index in [0.29, 0.717) is 16.8 Å². The van der Waals surface area contributed by atoms with E-state index in [1.54, 1.807) is 13.3 Å². The molecule has 0 aliphatic carbocycles. The number of nitrogens with zero attached hydrogens (tertiary/aromatic N) is 2. The Morgan fingerprint density at radius 2 is 1.96 bits per heavy atom. The molecule has 0 atom stereocenters. The Morgan fingerprint density at radius 3 is 2.74 bits per heavy atom. The lowest BCUT2D eigenvalue weighted by atomic mass is 10.1. The number of halogens is 1. The van der Waals surface area contributed by atoms with Crippen LogP contribution < -0.4 is 15.4 Å². The number of aromatic nitrogens is 2. The fourth-order valence-electron chi connectivity index (χ4n) is 2.86. The predicted molar refractivity (Wildman–Crippen MR) is 111 cm³/mol. The number of aryl methyl sites for hydroxylation is 2. The average Bonchev–Trinajstić information content (AvgIpc) is 2.65. The Balaban J connectivity index is 1.64. The first kappa shape index (κ1) is 19.0. The molecule has 3 aromatic rings. The third-order valence-electron chi connectivity index (χ3n) is 4.17. The van der Waals surface area contributed by atoms with E-state index in [0.717, 1.165) is 35.5 Å². The number of anilines is 3. The van der Waals surface area contributed by atoms with Crippen LogP contribution in [0.5, 0.6) is 5.75 Å². The van der Waals surface area contributed by atoms with Crippen LogP contribution >= 0.6 is 11.6 Å². The van der Waals surface area contributed by atoms with Crippen molar-refractivity contribution in [2.45, 2.75) is 20.3 Å². The van der Waals surface area contributed by atoms with Crippen molar-refractivity contribution in [2.75, 3.05) is 24.3 Å². The van der Waals surface area contributed by atoms with Crippen molar-refractivity contribution in [3.05, 3.63) is 70.4 Å². The maximum Gasteiger partial charge on any atom is 0.224 e. The third kappa shape index (κ3) is 5.11. The van der Waals surface area contributed by atoms with Crippen molar-refractivity contribution < 1.29 is 4.74 Å². The maximum atomic E-state index is 6.37. The molecule has 1 heterocycles. The quantitative estimate of drug-likeness (QED) is 0.591. The highest BCUT2D eigenvalue weighted by atomic mass is 35.5. The molecular weight excluding hydrogens is 360 g/mol. The first-order valence-corrected chi connectivity index (χ1v) is 9.16. The van der Waals surface area contributed by atoms with Crippen LogP contribution in [0.25, 0.3) is 0 Å². The molecule has 0 radical (unpaired) electrons. The standard InChI is InChI=1S/C21H23ClN4O/c1-14-11-15(2)20(18(22)12-14)25-19-8-10-24-21(26-19)23-9-7-16-5-4-6-17(13-16)27-3/h4-6,8,10-13H,7,9H2,1-3H3,(H2,23,24,25,26). The molecule has 27 heavy (non-hydrogen) atoms. The molecule has 0 amide bonds. The van der Waals surface area contributed by atoms with E-state index < -0.39 is 0 Å². The van der Waals surface area contributed by atoms with Crippen LogP contribution in [0.3, 0.4) is 0 Å². The number of methoxy groups -OCH3 is 1. The van der Waals surface area contributed by atoms with Crippen molar-refractivity contribution in [1.29, 1.82) is 0 Å². The summed E-state index contributed by atoms with van der Waals surface area (Å²) in [5.74, 6) is 2.13. The summed E-state index contributed by atoms with van der Waals surface area (Å²) in [5.41, 5.74) is 4.26. The minimum atomic E-state index is 0.573. The van der Waals surface area contributed by atoms with E-state index >= 15 is 0 Å². The lowest BCUT2D eigenvalue weighted by molar-refractivity contribution is 0.414. The highest BCUT2D eigenvalue weighted by Gasteiger charge is 2.07. The third-order valence-corrected chi connectivity index (χ3v) is 4.47. The molecule has 0 aliphatic heterocycles. The van der Waals surface area contributed by atoms with Crippen molar-refractivity contribution in [1.82, 2.24) is 9.97 Å². The van der Waals surface area contributed by atoms with Crippen molar-refractivity contribution in [2.24, 2.45) is 0 Å². The Bertz CT molecular complexity index is 907. The normalized spacial score (nSPS) is 10.5. The molecule has 5 nitrogen and oxygen atoms in total. The van der Waals surface area contributed by atoms with Gasteiger partial charge in [-0.3, -0.25) is 0 Å². The summed E-state index contributed by atoms with van der Waals surface area (Å²) in [7, 11) is 1.67. The second-order valence-electron chi connectivity index (χ2n) is 6.36. The molecule has 3 rings (SSSR count). The summed E-state index contributed by atoms with van der Waals surface area (Å²) in [5, 5.41) is 7.23. The highest BCUT2D eigenvalue weighted by molar-refractivity contribution is 6.33. The summed E-state index contributed by atoms with van der Waals surface area (Å²) in [4.78, 5) is 8.81. The summed E-state index contributed by atoms with van der Waals surface area (Å²) >= 11 is 6.37. The molecule has 6 heteroatoms. The molecule has 2 N–H and O–H groups in total. The van der Waals surface area contributed by atoms with Gasteiger partial charge in [0.05, 0.1) is 17.8 Å². The number of nitrogens with one attached hydrogen (secondary N) is 2. The van der Waals surface area contributed by atoms with Crippen LogP contribution in [0.4, 0.5) is 17.5 Å². The second kappa shape index (κ2) is 8.73. The Kier molecular flexibility index (Phi) is 6.14. The minimum Gasteiger partial charge on any atom is -0.497 e. The lowest BCUT2D eigenvalue weighted by Gasteiger charge is -2.13. The number of benzene rings is 2. The van der Waals surface area contributed by atoms with Crippen molar-refractivity contribution >= 4 is 29.1 Å². The van der Waals surface area contributed by atoms with Crippen LogP contribution in [0.15, 0.2) is 48.7 Å². The summed E-state index contributed by atoms with van der Waals surface area (Å²) in [6, 6.07) is 13.9. The molecule has 0 aliphatic rings. The fraction of sp³-hybridized carbons (Fsp3) is 0.238. The van der Waals surface area contributed by atoms with Gasteiger partial charge in [-0.2, -0.15) is 4.98 Å². The molecule has 1 aromatic heterocycles. The maximum absolute atomic E-state index is 6.37. The number of ether oxygens (including phenoxy) is 1. The van der Waals surface area contributed by atoms with Gasteiger partial charge in [0.1, 0.15) is 11.6 Å². The SMILES string of the molecule is COc1cccc(CCNc2nccc(Nc3c(C)cc(C)cc3Cl)n2)c1. The van der Waals surface area contributed by atoms with Crippen molar-refractivity contribution in [3.63, 3.8) is 0 Å². The van der Waals surface area contributed by atoms with Crippen LogP contribution in [0.1, 0.15) is 16.7 Å². The molecule has 140 valence electrons. The zero-order valence-electron chi connectivity index (χ0n) is 15.7. The highest BCUT2D eigenvalue weighted by Crippen LogP contribution is 2.29. The van der Waals surface area contributed by atoms with Gasteiger partial charge < -0.3 is 15.4 Å². The lowest BCUT2D eigenvalue weighted by Crippen LogP contribution is -2.09. The summed E-state index contributed by atoms with van der Waals surface area (Å²) in [6.07, 6.45) is 2.57. The monoisotopic (exact) mass is 382 g/mol. The molecule has 0 saturated heterocycles. The molecule has 0 spiro atoms. The van der Waals surface area contributed by atoms with Crippen molar-refractivity contribution in [3.8, 4) is 5.75 Å². The molecule has 0 fully saturated rings. The number of rotatable bonds is 7. The zero-order chi connectivity index (χ0) is 19.2. The van der Waals surface area contributed by atoms with E-state index in [4.69, 9.17) is 16.3 Å². The zero-order valence-corrected chi connectivity index (χ0v) is 16.5. The van der Waals surface area contributed by atoms with Crippen LogP contribution in [-0.4, -0.2) is 23.6 Å². The largest absolute Gasteiger partial charge is 0.497 e. The van der Waals surface area contributed by atoms with Gasteiger partial charge in [0.25, 0.3) is 0 Å². The van der Waals surface area contributed by atoms with E-state index in [1.165, 1.54) is 5.56 Å². The van der Waals surface area contributed by atoms with Gasteiger partial charge in [0, 0.05) is 12.7 Å². The van der Waals surface area contributed by atoms with Gasteiger partial charge in [0.2, 0.25) is 5.95 Å². The van der Waals surface area contributed by atoms with Crippen LogP contribution in [-0.2, 0) is 6.42 Å². The molecule has 0 saturated carbocycles. The minimum absolute atomic E-state index is 0.573. The second-order valence-corrected chi connectivity index (χ2v) is 6.76. The molecule has 0 unspecified atom stereocenters.